The molecule has 0 amide bonds. The van der Waals surface area contributed by atoms with Crippen LogP contribution in [0, 0.1) is 6.92 Å². The molecule has 0 heterocycles. The summed E-state index contributed by atoms with van der Waals surface area (Å²) < 4.78 is 5.25. The Morgan fingerprint density at radius 1 is 1.23 bits per heavy atom. The quantitative estimate of drug-likeness (QED) is 0.506. The molecule has 6 heteroatoms. The third-order valence-corrected chi connectivity index (χ3v) is 3.42. The number of nitrogens with zero attached hydrogens (tertiary/aromatic N) is 1. The van der Waals surface area contributed by atoms with E-state index in [-0.39, 0.29) is 0 Å². The van der Waals surface area contributed by atoms with E-state index >= 15 is 0 Å². The van der Waals surface area contributed by atoms with E-state index in [0.29, 0.717) is 6.54 Å². The van der Waals surface area contributed by atoms with E-state index in [4.69, 9.17) is 34.4 Å². The number of benzene rings is 2. The first-order chi connectivity index (χ1) is 10.6. The number of rotatable bonds is 4. The van der Waals surface area contributed by atoms with Crippen molar-refractivity contribution in [2.24, 2.45) is 4.99 Å². The number of methoxy groups -OCH3 is 1. The monoisotopic (exact) mass is 430 g/mol. The Kier molecular flexibility index (Phi) is 9.98. The summed E-state index contributed by atoms with van der Waals surface area (Å²) in [6.45, 7) is 2.64. The first-order valence-electron chi connectivity index (χ1n) is 6.48. The first-order valence-corrected chi connectivity index (χ1v) is 13.2. The van der Waals surface area contributed by atoms with Crippen LogP contribution in [0.2, 0.25) is 0 Å². The number of halogens is 2. The van der Waals surface area contributed by atoms with Crippen molar-refractivity contribution in [3.05, 3.63) is 59.2 Å². The van der Waals surface area contributed by atoms with Crippen LogP contribution in [-0.2, 0) is 40.0 Å². The second kappa shape index (κ2) is 11.2. The van der Waals surface area contributed by atoms with Crippen molar-refractivity contribution in [3.8, 4) is 5.75 Å². The molecule has 0 saturated carbocycles. The van der Waals surface area contributed by atoms with Crippen molar-refractivity contribution in [2.45, 2.75) is 18.4 Å². The van der Waals surface area contributed by atoms with Gasteiger partial charge in [-0.2, -0.15) is 4.90 Å². The molecule has 0 bridgehead atoms. The Morgan fingerprint density at radius 3 is 2.45 bits per heavy atom. The van der Waals surface area contributed by atoms with Crippen molar-refractivity contribution >= 4 is 35.9 Å². The maximum atomic E-state index is 5.38. The molecule has 0 atom stereocenters. The molecular weight excluding hydrogens is 416 g/mol. The van der Waals surface area contributed by atoms with Crippen LogP contribution in [0.4, 0.5) is 0 Å². The van der Waals surface area contributed by atoms with Gasteiger partial charge in [0.2, 0.25) is 0 Å². The Hall–Kier alpha value is -0.407. The van der Waals surface area contributed by atoms with Gasteiger partial charge in [-0.1, -0.05) is 35.9 Å². The zero-order valence-corrected chi connectivity index (χ0v) is 17.1. The number of aliphatic imine (C=N–C) groups is 1. The van der Waals surface area contributed by atoms with Crippen LogP contribution in [0.15, 0.2) is 52.4 Å². The summed E-state index contributed by atoms with van der Waals surface area (Å²) in [7, 11) is 11.5. The number of ether oxygens (including phenoxy) is 1. The van der Waals surface area contributed by atoms with E-state index in [9.17, 15) is 0 Å². The predicted octanol–water partition coefficient (Wildman–Crippen LogP) is 4.91. The molecule has 2 nitrogen and oxygen atoms in total. The second-order valence-electron chi connectivity index (χ2n) is 4.39. The van der Waals surface area contributed by atoms with E-state index in [0.717, 1.165) is 21.8 Å². The van der Waals surface area contributed by atoms with Crippen LogP contribution in [-0.4, -0.2) is 13.3 Å². The molecule has 0 saturated heterocycles. The van der Waals surface area contributed by atoms with Gasteiger partial charge in [-0.3, -0.25) is 4.99 Å². The van der Waals surface area contributed by atoms with Gasteiger partial charge in [-0.25, -0.2) is 0 Å². The van der Waals surface area contributed by atoms with Crippen LogP contribution >= 0.6 is 17.0 Å². The number of hydrogen-bond donors (Lipinski definition) is 0. The average Bonchev–Trinajstić information content (AvgIpc) is 2.53. The summed E-state index contributed by atoms with van der Waals surface area (Å²) >= 11 is 4.56. The molecule has 22 heavy (non-hydrogen) atoms. The first kappa shape index (κ1) is 19.6. The minimum atomic E-state index is -0.826. The molecule has 0 aliphatic carbocycles. The van der Waals surface area contributed by atoms with E-state index in [2.05, 4.69) is 17.1 Å². The van der Waals surface area contributed by atoms with Crippen molar-refractivity contribution in [3.63, 3.8) is 0 Å². The molecular formula is C16H16Cl2NOSZr-. The zero-order valence-electron chi connectivity index (χ0n) is 12.3. The van der Waals surface area contributed by atoms with Crippen LogP contribution in [0.3, 0.4) is 0 Å². The molecule has 2 aromatic rings. The van der Waals surface area contributed by atoms with Crippen molar-refractivity contribution in [2.75, 3.05) is 7.11 Å². The van der Waals surface area contributed by atoms with E-state index in [1.807, 2.05) is 43.5 Å². The molecule has 2 aromatic carbocycles. The van der Waals surface area contributed by atoms with Gasteiger partial charge < -0.3 is 17.4 Å². The summed E-state index contributed by atoms with van der Waals surface area (Å²) in [5.41, 5.74) is 3.16. The standard InChI is InChI=1S/C16H17NOS.2ClH.Zr/c1-12-8-15(18-2)9-14(16(12)19)11-17-10-13-6-4-3-5-7-13;;;/h3-9,11,19H,10H2,1-2H3;2*1H;/q;;;+2/p-3. The Balaban J connectivity index is 0.000000745. The zero-order chi connectivity index (χ0) is 16.4. The maximum absolute atomic E-state index is 5.38. The molecule has 0 fully saturated rings. The average molecular weight is 433 g/mol. The molecule has 116 valence electrons. The summed E-state index contributed by atoms with van der Waals surface area (Å²) in [4.78, 5) is 5.27. The fourth-order valence-corrected chi connectivity index (χ4v) is 1.98. The fraction of sp³-hybridized carbons (Fsp3) is 0.188. The molecule has 0 aromatic heterocycles. The molecule has 0 aliphatic rings. The van der Waals surface area contributed by atoms with E-state index < -0.39 is 20.8 Å². The van der Waals surface area contributed by atoms with Gasteiger partial charge >= 0.3 is 37.9 Å². The summed E-state index contributed by atoms with van der Waals surface area (Å²) in [6.07, 6.45) is 1.82. The molecule has 0 radical (unpaired) electrons. The van der Waals surface area contributed by atoms with Gasteiger partial charge in [0.15, 0.2) is 0 Å². The Labute approximate surface area is 156 Å². The molecule has 2 rings (SSSR count). The van der Waals surface area contributed by atoms with Crippen molar-refractivity contribution in [1.29, 1.82) is 0 Å². The fourth-order valence-electron chi connectivity index (χ4n) is 1.81. The minimum absolute atomic E-state index is 0.659. The third-order valence-electron chi connectivity index (χ3n) is 2.86. The van der Waals surface area contributed by atoms with Crippen molar-refractivity contribution < 1.29 is 25.6 Å². The second-order valence-corrected chi connectivity index (χ2v) is 8.53. The topological polar surface area (TPSA) is 21.6 Å². The van der Waals surface area contributed by atoms with Gasteiger partial charge in [0, 0.05) is 6.21 Å². The molecule has 0 spiro atoms. The van der Waals surface area contributed by atoms with Gasteiger partial charge in [-0.15, -0.1) is 0 Å². The molecule has 0 unspecified atom stereocenters. The van der Waals surface area contributed by atoms with Gasteiger partial charge in [0.25, 0.3) is 0 Å². The van der Waals surface area contributed by atoms with Crippen LogP contribution in [0.25, 0.3) is 0 Å². The summed E-state index contributed by atoms with van der Waals surface area (Å²) in [5, 5.41) is 0. The number of hydrogen-bond acceptors (Lipinski definition) is 3. The summed E-state index contributed by atoms with van der Waals surface area (Å²) in [5.74, 6) is 0.812. The SMILES string of the molecule is COc1cc(C)c([S-])c(C=NCc2ccccc2)c1.[Cl][Zr][Cl]. The molecule has 0 aliphatic heterocycles. The third kappa shape index (κ3) is 6.79. The van der Waals surface area contributed by atoms with Crippen LogP contribution in [0.1, 0.15) is 16.7 Å². The Bertz CT molecular complexity index is 609. The van der Waals surface area contributed by atoms with Gasteiger partial charge in [0.05, 0.1) is 13.7 Å². The van der Waals surface area contributed by atoms with E-state index in [1.54, 1.807) is 7.11 Å². The summed E-state index contributed by atoms with van der Waals surface area (Å²) in [6, 6.07) is 14.0. The van der Waals surface area contributed by atoms with Gasteiger partial charge in [0.1, 0.15) is 5.75 Å². The van der Waals surface area contributed by atoms with Crippen molar-refractivity contribution in [1.82, 2.24) is 0 Å². The predicted molar refractivity (Wildman–Crippen MR) is 92.8 cm³/mol. The molecule has 0 N–H and O–H groups in total. The normalized spacial score (nSPS) is 10.0. The Morgan fingerprint density at radius 2 is 1.86 bits per heavy atom. The van der Waals surface area contributed by atoms with Crippen LogP contribution < -0.4 is 4.74 Å². The van der Waals surface area contributed by atoms with Gasteiger partial charge in [-0.05, 0) is 30.2 Å². The van der Waals surface area contributed by atoms with E-state index in [1.165, 1.54) is 5.56 Å². The van der Waals surface area contributed by atoms with Crippen LogP contribution in [0.5, 0.6) is 5.75 Å². The number of aryl methyl sites for hydroxylation is 1.